The quantitative estimate of drug-likeness (QED) is 0.707. The lowest BCUT2D eigenvalue weighted by Gasteiger charge is -2.40. The Labute approximate surface area is 179 Å². The van der Waals surface area contributed by atoms with E-state index in [0.29, 0.717) is 25.9 Å². The Morgan fingerprint density at radius 1 is 1.10 bits per heavy atom. The molecule has 3 rings (SSSR count). The van der Waals surface area contributed by atoms with Crippen LogP contribution in [0.1, 0.15) is 42.6 Å². The molecule has 1 aliphatic rings. The summed E-state index contributed by atoms with van der Waals surface area (Å²) in [6, 6.07) is 17.1. The molecule has 0 aliphatic carbocycles. The number of sulfonamides is 1. The summed E-state index contributed by atoms with van der Waals surface area (Å²) < 4.78 is 26.0. The molecule has 0 saturated carbocycles. The van der Waals surface area contributed by atoms with Gasteiger partial charge in [-0.25, -0.2) is 12.7 Å². The van der Waals surface area contributed by atoms with E-state index in [1.165, 1.54) is 4.31 Å². The van der Waals surface area contributed by atoms with Crippen LogP contribution >= 0.6 is 0 Å². The van der Waals surface area contributed by atoms with Crippen LogP contribution in [-0.4, -0.2) is 49.1 Å². The molecule has 1 fully saturated rings. The number of hydrogen-bond acceptors (Lipinski definition) is 4. The minimum absolute atomic E-state index is 0.0558. The van der Waals surface area contributed by atoms with Crippen LogP contribution in [0.15, 0.2) is 54.6 Å². The molecule has 0 spiro atoms. The molecule has 2 N–H and O–H groups in total. The van der Waals surface area contributed by atoms with E-state index >= 15 is 0 Å². The molecule has 1 saturated heterocycles. The van der Waals surface area contributed by atoms with Gasteiger partial charge in [0.05, 0.1) is 17.3 Å². The average Bonchev–Trinajstić information content (AvgIpc) is 2.78. The lowest BCUT2D eigenvalue weighted by molar-refractivity contribution is -0.128. The largest absolute Gasteiger partial charge is 0.387 e. The number of benzene rings is 2. The van der Waals surface area contributed by atoms with Crippen molar-refractivity contribution in [2.24, 2.45) is 0 Å². The third kappa shape index (κ3) is 4.74. The van der Waals surface area contributed by atoms with Crippen LogP contribution in [-0.2, 0) is 20.2 Å². The van der Waals surface area contributed by atoms with Crippen molar-refractivity contribution in [2.45, 2.75) is 38.2 Å². The number of hydrogen-bond donors (Lipinski definition) is 2. The van der Waals surface area contributed by atoms with Crippen molar-refractivity contribution < 1.29 is 18.3 Å². The van der Waals surface area contributed by atoms with Crippen LogP contribution in [0, 0.1) is 6.92 Å². The Kier molecular flexibility index (Phi) is 6.95. The Hall–Kier alpha value is -2.22. The number of piperidine rings is 1. The van der Waals surface area contributed by atoms with E-state index in [1.54, 1.807) is 6.92 Å². The number of aliphatic hydroxyl groups excluding tert-OH is 1. The highest BCUT2D eigenvalue weighted by molar-refractivity contribution is 7.89. The van der Waals surface area contributed by atoms with E-state index in [0.717, 1.165) is 16.7 Å². The fourth-order valence-corrected chi connectivity index (χ4v) is 5.10. The second kappa shape index (κ2) is 9.29. The maximum absolute atomic E-state index is 13.3. The second-order valence-electron chi connectivity index (χ2n) is 7.88. The van der Waals surface area contributed by atoms with Gasteiger partial charge in [0.15, 0.2) is 0 Å². The number of aliphatic hydroxyl groups is 1. The molecule has 6 nitrogen and oxygen atoms in total. The van der Waals surface area contributed by atoms with Crippen LogP contribution in [0.3, 0.4) is 0 Å². The molecular weight excluding hydrogens is 400 g/mol. The van der Waals surface area contributed by atoms with E-state index in [-0.39, 0.29) is 18.2 Å². The predicted molar refractivity (Wildman–Crippen MR) is 118 cm³/mol. The van der Waals surface area contributed by atoms with Gasteiger partial charge in [-0.1, -0.05) is 60.2 Å². The minimum atomic E-state index is -3.28. The van der Waals surface area contributed by atoms with Gasteiger partial charge in [-0.2, -0.15) is 0 Å². The highest BCUT2D eigenvalue weighted by Crippen LogP contribution is 2.37. The summed E-state index contributed by atoms with van der Waals surface area (Å²) >= 11 is 0. The maximum Gasteiger partial charge on any atom is 0.230 e. The van der Waals surface area contributed by atoms with E-state index in [1.807, 2.05) is 61.5 Å². The fraction of sp³-hybridized carbons (Fsp3) is 0.435. The zero-order chi connectivity index (χ0) is 21.8. The number of nitrogens with one attached hydrogen (secondary N) is 1. The summed E-state index contributed by atoms with van der Waals surface area (Å²) in [5, 5.41) is 13.4. The highest BCUT2D eigenvalue weighted by Gasteiger charge is 2.44. The van der Waals surface area contributed by atoms with Gasteiger partial charge in [0.1, 0.15) is 0 Å². The monoisotopic (exact) mass is 430 g/mol. The number of amides is 1. The summed E-state index contributed by atoms with van der Waals surface area (Å²) in [6.45, 7) is 4.33. The van der Waals surface area contributed by atoms with Crippen molar-refractivity contribution in [3.8, 4) is 0 Å². The number of aryl methyl sites for hydroxylation is 1. The summed E-state index contributed by atoms with van der Waals surface area (Å²) in [7, 11) is -3.28. The van der Waals surface area contributed by atoms with Gasteiger partial charge in [0.25, 0.3) is 0 Å². The van der Waals surface area contributed by atoms with Crippen LogP contribution in [0.2, 0.25) is 0 Å². The van der Waals surface area contributed by atoms with E-state index < -0.39 is 21.5 Å². The lowest BCUT2D eigenvalue weighted by Crippen LogP contribution is -2.53. The molecule has 0 radical (unpaired) electrons. The smallest absolute Gasteiger partial charge is 0.230 e. The first-order chi connectivity index (χ1) is 14.3. The zero-order valence-corrected chi connectivity index (χ0v) is 18.4. The van der Waals surface area contributed by atoms with Crippen molar-refractivity contribution >= 4 is 15.9 Å². The van der Waals surface area contributed by atoms with Crippen molar-refractivity contribution in [1.29, 1.82) is 0 Å². The predicted octanol–water partition coefficient (Wildman–Crippen LogP) is 2.53. The van der Waals surface area contributed by atoms with Gasteiger partial charge >= 0.3 is 0 Å². The van der Waals surface area contributed by atoms with Gasteiger partial charge in [-0.15, -0.1) is 0 Å². The van der Waals surface area contributed by atoms with Crippen LogP contribution < -0.4 is 5.32 Å². The van der Waals surface area contributed by atoms with Gasteiger partial charge in [-0.05, 0) is 37.8 Å². The average molecular weight is 431 g/mol. The molecule has 1 heterocycles. The molecule has 0 aromatic heterocycles. The normalized spacial score (nSPS) is 18.0. The Morgan fingerprint density at radius 3 is 2.27 bits per heavy atom. The number of carbonyl (C=O) groups is 1. The molecule has 0 bridgehead atoms. The van der Waals surface area contributed by atoms with E-state index in [4.69, 9.17) is 0 Å². The number of carbonyl (C=O) groups excluding carboxylic acids is 1. The summed E-state index contributed by atoms with van der Waals surface area (Å²) in [4.78, 5) is 13.3. The van der Waals surface area contributed by atoms with Crippen LogP contribution in [0.25, 0.3) is 0 Å². The van der Waals surface area contributed by atoms with E-state index in [9.17, 15) is 18.3 Å². The van der Waals surface area contributed by atoms with Gasteiger partial charge in [-0.3, -0.25) is 4.79 Å². The van der Waals surface area contributed by atoms with Crippen molar-refractivity contribution in [1.82, 2.24) is 9.62 Å². The first-order valence-corrected chi connectivity index (χ1v) is 12.0. The van der Waals surface area contributed by atoms with Gasteiger partial charge < -0.3 is 10.4 Å². The molecule has 1 amide bonds. The maximum atomic E-state index is 13.3. The van der Waals surface area contributed by atoms with Crippen LogP contribution in [0.4, 0.5) is 0 Å². The number of nitrogens with zero attached hydrogens (tertiary/aromatic N) is 1. The molecule has 162 valence electrons. The third-order valence-corrected chi connectivity index (χ3v) is 7.89. The molecule has 2 aromatic rings. The Balaban J connectivity index is 1.76. The summed E-state index contributed by atoms with van der Waals surface area (Å²) in [5.41, 5.74) is 1.92. The first kappa shape index (κ1) is 22.5. The molecule has 1 aliphatic heterocycles. The molecule has 1 atom stereocenters. The third-order valence-electron chi connectivity index (χ3n) is 6.01. The molecule has 2 aromatic carbocycles. The van der Waals surface area contributed by atoms with Crippen molar-refractivity contribution in [2.75, 3.05) is 25.4 Å². The SMILES string of the molecule is CCS(=O)(=O)N1CCC(C(=O)NCC(O)c2ccc(C)cc2)(c2ccccc2)CC1. The molecular formula is C23H30N2O4S. The van der Waals surface area contributed by atoms with Gasteiger partial charge in [0.2, 0.25) is 15.9 Å². The first-order valence-electron chi connectivity index (χ1n) is 10.3. The van der Waals surface area contributed by atoms with Crippen molar-refractivity contribution in [3.63, 3.8) is 0 Å². The fourth-order valence-electron chi connectivity index (χ4n) is 4.00. The molecule has 30 heavy (non-hydrogen) atoms. The van der Waals surface area contributed by atoms with E-state index in [2.05, 4.69) is 5.32 Å². The molecule has 1 unspecified atom stereocenters. The lowest BCUT2D eigenvalue weighted by atomic mass is 9.72. The second-order valence-corrected chi connectivity index (χ2v) is 10.1. The summed E-state index contributed by atoms with van der Waals surface area (Å²) in [6.07, 6.45) is 0.00808. The topological polar surface area (TPSA) is 86.7 Å². The minimum Gasteiger partial charge on any atom is -0.387 e. The van der Waals surface area contributed by atoms with Crippen molar-refractivity contribution in [3.05, 3.63) is 71.3 Å². The van der Waals surface area contributed by atoms with Crippen LogP contribution in [0.5, 0.6) is 0 Å². The Bertz CT molecular complexity index is 950. The standard InChI is InChI=1S/C23H30N2O4S/c1-3-30(28,29)25-15-13-23(14-16-25,20-7-5-4-6-8-20)22(27)24-17-21(26)19-11-9-18(2)10-12-19/h4-12,21,26H,3,13-17H2,1-2H3,(H,24,27). The molecule has 7 heteroatoms. The highest BCUT2D eigenvalue weighted by atomic mass is 32.2. The zero-order valence-electron chi connectivity index (χ0n) is 17.5. The van der Waals surface area contributed by atoms with Gasteiger partial charge in [0, 0.05) is 19.6 Å². The Morgan fingerprint density at radius 2 is 1.70 bits per heavy atom. The number of rotatable bonds is 7. The summed E-state index contributed by atoms with van der Waals surface area (Å²) in [5.74, 6) is -0.117.